The first kappa shape index (κ1) is 16.0. The molecule has 26 heavy (non-hydrogen) atoms. The number of aromatic nitrogens is 1. The fourth-order valence-corrected chi connectivity index (χ4v) is 3.24. The van der Waals surface area contributed by atoms with Gasteiger partial charge in [-0.25, -0.2) is 9.78 Å². The van der Waals surface area contributed by atoms with Crippen molar-refractivity contribution in [2.75, 3.05) is 0 Å². The molecule has 0 aliphatic heterocycles. The van der Waals surface area contributed by atoms with Gasteiger partial charge in [0.15, 0.2) is 0 Å². The number of hydrogen-bond donors (Lipinski definition) is 1. The molecule has 0 aliphatic rings. The number of nitrogens with zero attached hydrogens (tertiary/aromatic N) is 1. The lowest BCUT2D eigenvalue weighted by Crippen LogP contribution is -2.05. The van der Waals surface area contributed by atoms with E-state index in [1.807, 2.05) is 85.8 Å². The number of aryl methyl sites for hydroxylation is 1. The lowest BCUT2D eigenvalue weighted by molar-refractivity contribution is 0.0700. The Morgan fingerprint density at radius 1 is 0.808 bits per heavy atom. The summed E-state index contributed by atoms with van der Waals surface area (Å²) in [6.07, 6.45) is 0. The van der Waals surface area contributed by atoms with Gasteiger partial charge in [-0.15, -0.1) is 0 Å². The summed E-state index contributed by atoms with van der Waals surface area (Å²) in [6.45, 7) is 2.03. The molecule has 0 spiro atoms. The highest BCUT2D eigenvalue weighted by atomic mass is 16.4. The predicted molar refractivity (Wildman–Crippen MR) is 104 cm³/mol. The van der Waals surface area contributed by atoms with E-state index in [-0.39, 0.29) is 5.56 Å². The van der Waals surface area contributed by atoms with Crippen molar-refractivity contribution in [1.29, 1.82) is 0 Å². The SMILES string of the molecule is Cc1ccc(-c2nc3ccccc3c(C(=O)O)c2-c2ccccc2)cc1. The Labute approximate surface area is 151 Å². The van der Waals surface area contributed by atoms with Crippen LogP contribution < -0.4 is 0 Å². The zero-order valence-corrected chi connectivity index (χ0v) is 14.3. The van der Waals surface area contributed by atoms with Gasteiger partial charge in [-0.1, -0.05) is 78.4 Å². The number of carbonyl (C=O) groups is 1. The van der Waals surface area contributed by atoms with Crippen molar-refractivity contribution in [3.8, 4) is 22.4 Å². The molecule has 3 heteroatoms. The Morgan fingerprint density at radius 2 is 1.46 bits per heavy atom. The molecular formula is C23H17NO2. The number of carboxylic acids is 1. The molecule has 0 saturated carbocycles. The van der Waals surface area contributed by atoms with Crippen molar-refractivity contribution in [2.45, 2.75) is 6.92 Å². The lowest BCUT2D eigenvalue weighted by atomic mass is 9.91. The van der Waals surface area contributed by atoms with Gasteiger partial charge in [0.2, 0.25) is 0 Å². The fourth-order valence-electron chi connectivity index (χ4n) is 3.24. The van der Waals surface area contributed by atoms with Gasteiger partial charge in [-0.3, -0.25) is 0 Å². The van der Waals surface area contributed by atoms with Gasteiger partial charge in [0.1, 0.15) is 0 Å². The highest BCUT2D eigenvalue weighted by Crippen LogP contribution is 2.37. The van der Waals surface area contributed by atoms with E-state index in [0.29, 0.717) is 22.2 Å². The van der Waals surface area contributed by atoms with Crippen LogP contribution in [-0.2, 0) is 0 Å². The fraction of sp³-hybridized carbons (Fsp3) is 0.0435. The van der Waals surface area contributed by atoms with Crippen molar-refractivity contribution < 1.29 is 9.90 Å². The van der Waals surface area contributed by atoms with E-state index < -0.39 is 5.97 Å². The summed E-state index contributed by atoms with van der Waals surface area (Å²) in [4.78, 5) is 17.1. The Hall–Kier alpha value is -3.46. The summed E-state index contributed by atoms with van der Waals surface area (Å²) < 4.78 is 0. The van der Waals surface area contributed by atoms with E-state index in [9.17, 15) is 9.90 Å². The van der Waals surface area contributed by atoms with Crippen LogP contribution in [0.2, 0.25) is 0 Å². The number of pyridine rings is 1. The second kappa shape index (κ2) is 6.45. The van der Waals surface area contributed by atoms with Crippen LogP contribution in [0.5, 0.6) is 0 Å². The zero-order valence-electron chi connectivity index (χ0n) is 14.3. The molecule has 3 nitrogen and oxygen atoms in total. The summed E-state index contributed by atoms with van der Waals surface area (Å²) in [5.74, 6) is -0.948. The molecule has 4 aromatic rings. The van der Waals surface area contributed by atoms with Gasteiger partial charge >= 0.3 is 5.97 Å². The third-order valence-corrected chi connectivity index (χ3v) is 4.49. The number of aromatic carboxylic acids is 1. The third kappa shape index (κ3) is 2.74. The summed E-state index contributed by atoms with van der Waals surface area (Å²) in [5.41, 5.74) is 5.21. The first-order valence-corrected chi connectivity index (χ1v) is 8.43. The van der Waals surface area contributed by atoms with E-state index in [0.717, 1.165) is 16.7 Å². The van der Waals surface area contributed by atoms with Crippen LogP contribution in [0.15, 0.2) is 78.9 Å². The van der Waals surface area contributed by atoms with Crippen LogP contribution in [0.3, 0.4) is 0 Å². The molecule has 1 N–H and O–H groups in total. The molecule has 0 bridgehead atoms. The Morgan fingerprint density at radius 3 is 2.15 bits per heavy atom. The van der Waals surface area contributed by atoms with Crippen molar-refractivity contribution in [1.82, 2.24) is 4.98 Å². The molecule has 1 aromatic heterocycles. The largest absolute Gasteiger partial charge is 0.478 e. The van der Waals surface area contributed by atoms with Gasteiger partial charge in [-0.2, -0.15) is 0 Å². The zero-order chi connectivity index (χ0) is 18.1. The second-order valence-corrected chi connectivity index (χ2v) is 6.26. The maximum atomic E-state index is 12.2. The van der Waals surface area contributed by atoms with Crippen LogP contribution in [0.25, 0.3) is 33.3 Å². The summed E-state index contributed by atoms with van der Waals surface area (Å²) >= 11 is 0. The molecular weight excluding hydrogens is 322 g/mol. The van der Waals surface area contributed by atoms with Crippen LogP contribution in [0.4, 0.5) is 0 Å². The average Bonchev–Trinajstić information content (AvgIpc) is 2.67. The smallest absolute Gasteiger partial charge is 0.337 e. The maximum absolute atomic E-state index is 12.2. The maximum Gasteiger partial charge on any atom is 0.337 e. The normalized spacial score (nSPS) is 10.8. The standard InChI is InChI=1S/C23H17NO2/c1-15-11-13-17(14-12-15)22-20(16-7-3-2-4-8-16)21(23(25)26)18-9-5-6-10-19(18)24-22/h2-14H,1H3,(H,25,26). The van der Waals surface area contributed by atoms with Gasteiger partial charge in [-0.05, 0) is 18.6 Å². The van der Waals surface area contributed by atoms with Crippen LogP contribution in [0.1, 0.15) is 15.9 Å². The molecule has 4 rings (SSSR count). The highest BCUT2D eigenvalue weighted by Gasteiger charge is 2.22. The van der Waals surface area contributed by atoms with E-state index in [1.54, 1.807) is 0 Å². The Bertz CT molecular complexity index is 1100. The second-order valence-electron chi connectivity index (χ2n) is 6.26. The topological polar surface area (TPSA) is 50.2 Å². The third-order valence-electron chi connectivity index (χ3n) is 4.49. The Kier molecular flexibility index (Phi) is 3.98. The lowest BCUT2D eigenvalue weighted by Gasteiger charge is -2.15. The van der Waals surface area contributed by atoms with E-state index >= 15 is 0 Å². The highest BCUT2D eigenvalue weighted by molar-refractivity contribution is 6.11. The number of rotatable bonds is 3. The summed E-state index contributed by atoms with van der Waals surface area (Å²) in [5, 5.41) is 10.7. The van der Waals surface area contributed by atoms with Crippen molar-refractivity contribution in [2.24, 2.45) is 0 Å². The number of para-hydroxylation sites is 1. The molecule has 126 valence electrons. The van der Waals surface area contributed by atoms with E-state index in [4.69, 9.17) is 4.98 Å². The molecule has 0 atom stereocenters. The van der Waals surface area contributed by atoms with Crippen LogP contribution >= 0.6 is 0 Å². The molecule has 0 saturated heterocycles. The molecule has 0 fully saturated rings. The number of carboxylic acid groups (broad SMARTS) is 1. The molecule has 0 amide bonds. The minimum Gasteiger partial charge on any atom is -0.478 e. The van der Waals surface area contributed by atoms with E-state index in [2.05, 4.69) is 0 Å². The molecule has 0 aliphatic carbocycles. The summed E-state index contributed by atoms with van der Waals surface area (Å²) in [6, 6.07) is 25.0. The van der Waals surface area contributed by atoms with Gasteiger partial charge < -0.3 is 5.11 Å². The van der Waals surface area contributed by atoms with Crippen molar-refractivity contribution in [3.63, 3.8) is 0 Å². The van der Waals surface area contributed by atoms with E-state index in [1.165, 1.54) is 0 Å². The molecule has 0 radical (unpaired) electrons. The quantitative estimate of drug-likeness (QED) is 0.530. The number of benzene rings is 3. The van der Waals surface area contributed by atoms with Crippen LogP contribution in [0, 0.1) is 6.92 Å². The van der Waals surface area contributed by atoms with Gasteiger partial charge in [0.25, 0.3) is 0 Å². The van der Waals surface area contributed by atoms with Gasteiger partial charge in [0, 0.05) is 16.5 Å². The molecule has 0 unspecified atom stereocenters. The van der Waals surface area contributed by atoms with Crippen LogP contribution in [-0.4, -0.2) is 16.1 Å². The predicted octanol–water partition coefficient (Wildman–Crippen LogP) is 5.58. The van der Waals surface area contributed by atoms with Crippen molar-refractivity contribution >= 4 is 16.9 Å². The average molecular weight is 339 g/mol. The molecule has 1 heterocycles. The van der Waals surface area contributed by atoms with Gasteiger partial charge in [0.05, 0.1) is 16.8 Å². The Balaban J connectivity index is 2.16. The minimum absolute atomic E-state index is 0.289. The first-order chi connectivity index (χ1) is 12.6. The summed E-state index contributed by atoms with van der Waals surface area (Å²) in [7, 11) is 0. The minimum atomic E-state index is -0.948. The van der Waals surface area contributed by atoms with Crippen molar-refractivity contribution in [3.05, 3.63) is 90.0 Å². The number of fused-ring (bicyclic) bond motifs is 1. The first-order valence-electron chi connectivity index (χ1n) is 8.43. The molecule has 3 aromatic carbocycles. The monoisotopic (exact) mass is 339 g/mol. The number of hydrogen-bond acceptors (Lipinski definition) is 2.